The van der Waals surface area contributed by atoms with Crippen LogP contribution in [0, 0.1) is 36.5 Å². The Bertz CT molecular complexity index is 2090. The molecule has 0 aliphatic heterocycles. The van der Waals surface area contributed by atoms with E-state index in [-0.39, 0.29) is 23.3 Å². The first-order chi connectivity index (χ1) is 22.8. The number of amides is 2. The molecule has 0 aliphatic carbocycles. The van der Waals surface area contributed by atoms with E-state index in [2.05, 4.69) is 42.7 Å². The van der Waals surface area contributed by atoms with Gasteiger partial charge in [0.1, 0.15) is 12.1 Å². The van der Waals surface area contributed by atoms with Gasteiger partial charge in [-0.05, 0) is 91.1 Å². The van der Waals surface area contributed by atoms with Crippen LogP contribution in [-0.4, -0.2) is 43.3 Å². The minimum Gasteiger partial charge on any atom is -0.333 e. The summed E-state index contributed by atoms with van der Waals surface area (Å²) >= 11 is 2.58. The van der Waals surface area contributed by atoms with E-state index in [0.717, 1.165) is 44.3 Å². The van der Waals surface area contributed by atoms with Crippen molar-refractivity contribution >= 4 is 68.8 Å². The molecule has 0 saturated heterocycles. The monoisotopic (exact) mass is 656 g/mol. The van der Waals surface area contributed by atoms with E-state index in [1.54, 1.807) is 24.3 Å². The molecule has 0 spiro atoms. The number of benzene rings is 4. The van der Waals surface area contributed by atoms with Crippen LogP contribution in [-0.2, 0) is 16.0 Å². The van der Waals surface area contributed by atoms with E-state index >= 15 is 0 Å². The maximum absolute atomic E-state index is 12.7. The number of fused-ring (bicyclic) bond motifs is 2. The lowest BCUT2D eigenvalue weighted by molar-refractivity contribution is -0.114. The fourth-order valence-electron chi connectivity index (χ4n) is 5.02. The van der Waals surface area contributed by atoms with Crippen LogP contribution in [0.1, 0.15) is 33.4 Å². The smallest absolute Gasteiger partial charge is 0.234 e. The molecule has 0 unspecified atom stereocenters. The van der Waals surface area contributed by atoms with Crippen molar-refractivity contribution in [3.63, 3.8) is 0 Å². The molecule has 0 atom stereocenters. The molecule has 0 saturated carbocycles. The molecule has 2 amide bonds. The summed E-state index contributed by atoms with van der Waals surface area (Å²) in [5, 5.41) is 26.5. The van der Waals surface area contributed by atoms with Crippen molar-refractivity contribution in [1.29, 1.82) is 10.5 Å². The average Bonchev–Trinajstić information content (AvgIpc) is 3.66. The zero-order valence-electron chi connectivity index (χ0n) is 25.5. The van der Waals surface area contributed by atoms with Crippen molar-refractivity contribution in [2.24, 2.45) is 0 Å². The highest BCUT2D eigenvalue weighted by molar-refractivity contribution is 8.00. The van der Waals surface area contributed by atoms with Gasteiger partial charge >= 0.3 is 0 Å². The first kappa shape index (κ1) is 31.4. The summed E-state index contributed by atoms with van der Waals surface area (Å²) in [6, 6.07) is 26.7. The predicted molar refractivity (Wildman–Crippen MR) is 185 cm³/mol. The Labute approximate surface area is 279 Å². The zero-order chi connectivity index (χ0) is 32.9. The number of nitrogens with one attached hydrogen (secondary N) is 4. The number of H-pyrrole nitrogens is 2. The lowest BCUT2D eigenvalue weighted by Crippen LogP contribution is -2.15. The summed E-state index contributed by atoms with van der Waals surface area (Å²) in [7, 11) is 0. The fraction of sp³-hybridized carbons (Fsp3) is 0.143. The van der Waals surface area contributed by atoms with Crippen molar-refractivity contribution in [2.45, 2.75) is 30.6 Å². The minimum atomic E-state index is -0.252. The number of rotatable bonds is 10. The molecular weight excluding hydrogens is 629 g/mol. The molecule has 0 radical (unpaired) electrons. The average molecular weight is 657 g/mol. The van der Waals surface area contributed by atoms with Crippen LogP contribution >= 0.6 is 23.5 Å². The second kappa shape index (κ2) is 13.8. The Morgan fingerprint density at radius 2 is 1.13 bits per heavy atom. The van der Waals surface area contributed by atoms with Gasteiger partial charge in [-0.3, -0.25) is 9.59 Å². The molecule has 47 heavy (non-hydrogen) atoms. The van der Waals surface area contributed by atoms with Crippen LogP contribution in [0.3, 0.4) is 0 Å². The molecule has 4 aromatic carbocycles. The molecule has 6 aromatic rings. The van der Waals surface area contributed by atoms with E-state index in [4.69, 9.17) is 0 Å². The van der Waals surface area contributed by atoms with Gasteiger partial charge < -0.3 is 20.6 Å². The van der Waals surface area contributed by atoms with Gasteiger partial charge in [0.25, 0.3) is 0 Å². The quantitative estimate of drug-likeness (QED) is 0.116. The van der Waals surface area contributed by atoms with Crippen LogP contribution in [0.25, 0.3) is 22.1 Å². The van der Waals surface area contributed by atoms with E-state index in [9.17, 15) is 20.1 Å². The van der Waals surface area contributed by atoms with Gasteiger partial charge in [0.2, 0.25) is 11.8 Å². The first-order valence-electron chi connectivity index (χ1n) is 14.6. The van der Waals surface area contributed by atoms with Gasteiger partial charge in [0.15, 0.2) is 10.3 Å². The molecule has 0 bridgehead atoms. The molecule has 12 heteroatoms. The number of carbonyl (C=O) groups excluding carboxylic acids is 2. The maximum Gasteiger partial charge on any atom is 0.234 e. The number of hydrogen-bond acceptors (Lipinski definition) is 8. The van der Waals surface area contributed by atoms with Crippen LogP contribution in [0.15, 0.2) is 83.1 Å². The lowest BCUT2D eigenvalue weighted by atomic mass is 10.00. The summed E-state index contributed by atoms with van der Waals surface area (Å²) in [6.45, 7) is 4.01. The molecule has 2 heterocycles. The van der Waals surface area contributed by atoms with Crippen molar-refractivity contribution in [3.8, 4) is 12.1 Å². The maximum atomic E-state index is 12.7. The lowest BCUT2D eigenvalue weighted by Gasteiger charge is -2.11. The van der Waals surface area contributed by atoms with E-state index in [1.165, 1.54) is 23.5 Å². The molecule has 4 N–H and O–H groups in total. The number of aromatic amines is 2. The SMILES string of the molecule is Cc1ccc2nc(SCC(=O)Nc3ccc(Cc4ccc(NC(=O)CSc5nc6ccc(C)cc6[nH]5)c(C#N)c4)cc3C#N)[nH]c2c1. The van der Waals surface area contributed by atoms with Gasteiger partial charge in [0.05, 0.1) is 56.1 Å². The highest BCUT2D eigenvalue weighted by Gasteiger charge is 2.13. The Morgan fingerprint density at radius 1 is 0.681 bits per heavy atom. The van der Waals surface area contributed by atoms with Crippen LogP contribution < -0.4 is 10.6 Å². The number of imidazole rings is 2. The third-order valence-corrected chi connectivity index (χ3v) is 9.02. The first-order valence-corrected chi connectivity index (χ1v) is 16.6. The third-order valence-electron chi connectivity index (χ3n) is 7.28. The van der Waals surface area contributed by atoms with Crippen molar-refractivity contribution in [1.82, 2.24) is 19.9 Å². The van der Waals surface area contributed by atoms with Crippen molar-refractivity contribution in [2.75, 3.05) is 22.1 Å². The van der Waals surface area contributed by atoms with E-state index in [1.807, 2.05) is 62.4 Å². The molecule has 10 nitrogen and oxygen atoms in total. The molecule has 6 rings (SSSR count). The number of aromatic nitrogens is 4. The van der Waals surface area contributed by atoms with Gasteiger partial charge in [-0.15, -0.1) is 0 Å². The molecule has 232 valence electrons. The minimum absolute atomic E-state index is 0.129. The molecule has 0 aliphatic rings. The number of hydrogen-bond donors (Lipinski definition) is 4. The largest absolute Gasteiger partial charge is 0.333 e. The number of anilines is 2. The van der Waals surface area contributed by atoms with Gasteiger partial charge in [-0.25, -0.2) is 9.97 Å². The van der Waals surface area contributed by atoms with E-state index in [0.29, 0.717) is 39.2 Å². The summed E-state index contributed by atoms with van der Waals surface area (Å²) in [4.78, 5) is 40.8. The number of nitrogens with zero attached hydrogens (tertiary/aromatic N) is 4. The van der Waals surface area contributed by atoms with Gasteiger partial charge in [-0.2, -0.15) is 10.5 Å². The van der Waals surface area contributed by atoms with Gasteiger partial charge in [0, 0.05) is 0 Å². The second-order valence-corrected chi connectivity index (χ2v) is 12.9. The van der Waals surface area contributed by atoms with Crippen molar-refractivity contribution in [3.05, 3.63) is 106 Å². The van der Waals surface area contributed by atoms with Crippen LogP contribution in [0.5, 0.6) is 0 Å². The Kier molecular flexibility index (Phi) is 9.25. The van der Waals surface area contributed by atoms with Crippen molar-refractivity contribution < 1.29 is 9.59 Å². The van der Waals surface area contributed by atoms with E-state index < -0.39 is 0 Å². The number of aryl methyl sites for hydroxylation is 2. The summed E-state index contributed by atoms with van der Waals surface area (Å²) in [5.41, 5.74) is 8.95. The fourth-order valence-corrected chi connectivity index (χ4v) is 6.39. The van der Waals surface area contributed by atoms with Crippen LogP contribution in [0.2, 0.25) is 0 Å². The predicted octanol–water partition coefficient (Wildman–Crippen LogP) is 6.85. The summed E-state index contributed by atoms with van der Waals surface area (Å²) in [5.74, 6) is -0.246. The standard InChI is InChI=1S/C35H28N8O2S2/c1-20-3-7-28-30(11-20)42-34(40-28)46-18-32(44)38-26-9-5-22(14-24(26)16-36)13-23-6-10-27(25(15-23)17-37)39-33(45)19-47-35-41-29-8-4-21(2)12-31(29)43-35/h3-12,14-15H,13,18-19H2,1-2H3,(H,38,44)(H,39,45)(H,40,42)(H,41,43). The molecular formula is C35H28N8O2S2. The number of thioether (sulfide) groups is 2. The number of carbonyl (C=O) groups is 2. The van der Waals surface area contributed by atoms with Crippen LogP contribution in [0.4, 0.5) is 11.4 Å². The summed E-state index contributed by atoms with van der Waals surface area (Å²) in [6.07, 6.45) is 0.453. The molecule has 0 fully saturated rings. The number of nitriles is 2. The Hall–Kier alpha value is -5.56. The Balaban J connectivity index is 1.04. The topological polar surface area (TPSA) is 163 Å². The normalized spacial score (nSPS) is 10.9. The highest BCUT2D eigenvalue weighted by Crippen LogP contribution is 2.25. The zero-order valence-corrected chi connectivity index (χ0v) is 27.1. The second-order valence-electron chi connectivity index (χ2n) is 11.0. The third kappa shape index (κ3) is 7.64. The highest BCUT2D eigenvalue weighted by atomic mass is 32.2. The Morgan fingerprint density at radius 3 is 1.55 bits per heavy atom. The molecule has 2 aromatic heterocycles. The summed E-state index contributed by atoms with van der Waals surface area (Å²) < 4.78 is 0. The van der Waals surface area contributed by atoms with Gasteiger partial charge in [-0.1, -0.05) is 47.8 Å².